The number of fused-ring (bicyclic) bond motifs is 3. The van der Waals surface area contributed by atoms with Crippen molar-refractivity contribution < 1.29 is 36.1 Å². The van der Waals surface area contributed by atoms with E-state index in [1.165, 1.54) is 7.11 Å². The Morgan fingerprint density at radius 3 is 2.41 bits per heavy atom. The fraction of sp³-hybridized carbons (Fsp3) is 0.478. The van der Waals surface area contributed by atoms with Crippen LogP contribution < -0.4 is 18.9 Å². The van der Waals surface area contributed by atoms with E-state index in [9.17, 15) is 13.0 Å². The first-order valence-electron chi connectivity index (χ1n) is 10.9. The van der Waals surface area contributed by atoms with Gasteiger partial charge in [0.1, 0.15) is 5.75 Å². The highest BCUT2D eigenvalue weighted by Crippen LogP contribution is 2.46. The maximum Gasteiger partial charge on any atom is 0.397 e. The van der Waals surface area contributed by atoms with Gasteiger partial charge in [0.15, 0.2) is 11.5 Å². The van der Waals surface area contributed by atoms with Crippen molar-refractivity contribution in [3.63, 3.8) is 0 Å². The number of benzene rings is 1. The van der Waals surface area contributed by atoms with Crippen molar-refractivity contribution in [1.82, 2.24) is 4.98 Å². The summed E-state index contributed by atoms with van der Waals surface area (Å²) in [6.07, 6.45) is 2.42. The monoisotopic (exact) mass is 492 g/mol. The largest absolute Gasteiger partial charge is 0.496 e. The number of hydrogen-bond acceptors (Lipinski definition) is 9. The molecule has 0 unspecified atom stereocenters. The molecular formula is C23H28N2O8S. The standard InChI is InChI=1S/C23H28N2O8S/c1-5-32-21-9-14-15-8-13(33-34(26,27)28)6-7-18(15)25-23(16(14)10-20(21)30-3)17-12-24-22(31-4)11-19(17)29-2/h9-13,15,18H,5-8H2,1-4H3,(H,26,27,28)/t13-,15-,18-/m1/s1. The number of aromatic nitrogens is 1. The lowest BCUT2D eigenvalue weighted by Crippen LogP contribution is -2.36. The molecule has 1 N–H and O–H groups in total. The van der Waals surface area contributed by atoms with Crippen LogP contribution >= 0.6 is 0 Å². The van der Waals surface area contributed by atoms with E-state index in [1.807, 2.05) is 19.1 Å². The van der Waals surface area contributed by atoms with Gasteiger partial charge in [0.25, 0.3) is 0 Å². The van der Waals surface area contributed by atoms with Crippen LogP contribution in [0.2, 0.25) is 0 Å². The van der Waals surface area contributed by atoms with Crippen LogP contribution in [-0.2, 0) is 14.6 Å². The molecule has 1 saturated carbocycles. The summed E-state index contributed by atoms with van der Waals surface area (Å²) < 4.78 is 59.0. The molecule has 0 spiro atoms. The van der Waals surface area contributed by atoms with Gasteiger partial charge >= 0.3 is 10.4 Å². The summed E-state index contributed by atoms with van der Waals surface area (Å²) in [6.45, 7) is 2.34. The number of aliphatic imine (C=N–C) groups is 1. The van der Waals surface area contributed by atoms with Crippen molar-refractivity contribution in [3.8, 4) is 23.1 Å². The van der Waals surface area contributed by atoms with Crippen LogP contribution in [0.25, 0.3) is 0 Å². The Hall–Kier alpha value is -2.89. The van der Waals surface area contributed by atoms with Gasteiger partial charge in [-0.05, 0) is 43.9 Å². The summed E-state index contributed by atoms with van der Waals surface area (Å²) >= 11 is 0. The number of ether oxygens (including phenoxy) is 4. The molecule has 2 aliphatic rings. The second-order valence-corrected chi connectivity index (χ2v) is 9.11. The minimum Gasteiger partial charge on any atom is -0.496 e. The van der Waals surface area contributed by atoms with E-state index >= 15 is 0 Å². The third kappa shape index (κ3) is 4.82. The predicted molar refractivity (Wildman–Crippen MR) is 124 cm³/mol. The lowest BCUT2D eigenvalue weighted by atomic mass is 9.74. The molecule has 10 nitrogen and oxygen atoms in total. The second kappa shape index (κ2) is 9.77. The van der Waals surface area contributed by atoms with E-state index < -0.39 is 16.5 Å². The van der Waals surface area contributed by atoms with Crippen LogP contribution in [0, 0.1) is 0 Å². The first-order valence-corrected chi connectivity index (χ1v) is 12.3. The van der Waals surface area contributed by atoms with E-state index in [-0.39, 0.29) is 12.0 Å². The number of nitrogens with zero attached hydrogens (tertiary/aromatic N) is 2. The molecule has 4 rings (SSSR count). The topological polar surface area (TPSA) is 126 Å². The first-order chi connectivity index (χ1) is 16.3. The molecule has 11 heteroatoms. The smallest absolute Gasteiger partial charge is 0.397 e. The molecule has 2 heterocycles. The third-order valence-corrected chi connectivity index (χ3v) is 6.65. The molecule has 0 bridgehead atoms. The van der Waals surface area contributed by atoms with E-state index in [1.54, 1.807) is 26.5 Å². The van der Waals surface area contributed by atoms with Crippen molar-refractivity contribution >= 4 is 16.1 Å². The number of hydrogen-bond donors (Lipinski definition) is 1. The number of pyridine rings is 1. The Morgan fingerprint density at radius 1 is 1.00 bits per heavy atom. The van der Waals surface area contributed by atoms with Gasteiger partial charge < -0.3 is 18.9 Å². The molecule has 184 valence electrons. The van der Waals surface area contributed by atoms with Crippen molar-refractivity contribution in [3.05, 3.63) is 41.1 Å². The normalized spacial score (nSPS) is 21.7. The quantitative estimate of drug-likeness (QED) is 0.553. The maximum atomic E-state index is 11.3. The Labute approximate surface area is 198 Å². The highest BCUT2D eigenvalue weighted by atomic mass is 32.3. The zero-order valence-electron chi connectivity index (χ0n) is 19.5. The molecule has 34 heavy (non-hydrogen) atoms. The zero-order valence-corrected chi connectivity index (χ0v) is 20.3. The Bertz CT molecular complexity index is 1200. The van der Waals surface area contributed by atoms with Gasteiger partial charge in [-0.2, -0.15) is 8.42 Å². The van der Waals surface area contributed by atoms with Crippen LogP contribution in [0.4, 0.5) is 0 Å². The minimum absolute atomic E-state index is 0.126. The van der Waals surface area contributed by atoms with Crippen molar-refractivity contribution in [2.45, 2.75) is 44.2 Å². The van der Waals surface area contributed by atoms with E-state index in [0.717, 1.165) is 11.1 Å². The fourth-order valence-corrected chi connectivity index (χ4v) is 5.23. The van der Waals surface area contributed by atoms with E-state index in [2.05, 4.69) is 4.98 Å². The SMILES string of the molecule is CCOc1cc2c(cc1OC)C(c1cnc(OC)cc1OC)=N[C@@H]1CC[C@@H](OS(=O)(=O)O)C[C@H]21. The van der Waals surface area contributed by atoms with E-state index in [4.69, 9.17) is 28.1 Å². The Kier molecular flexibility index (Phi) is 6.96. The average molecular weight is 493 g/mol. The third-order valence-electron chi connectivity index (χ3n) is 6.13. The Balaban J connectivity index is 1.85. The van der Waals surface area contributed by atoms with Gasteiger partial charge in [0.05, 0.1) is 51.4 Å². The summed E-state index contributed by atoms with van der Waals surface area (Å²) in [6, 6.07) is 5.36. The number of methoxy groups -OCH3 is 3. The van der Waals surface area contributed by atoms with Gasteiger partial charge in [0, 0.05) is 23.7 Å². The van der Waals surface area contributed by atoms with Gasteiger partial charge in [-0.3, -0.25) is 9.55 Å². The van der Waals surface area contributed by atoms with Crippen LogP contribution in [0.5, 0.6) is 23.1 Å². The average Bonchev–Trinajstić information content (AvgIpc) is 2.82. The summed E-state index contributed by atoms with van der Waals surface area (Å²) in [7, 11) is 0.121. The lowest BCUT2D eigenvalue weighted by molar-refractivity contribution is 0.124. The van der Waals surface area contributed by atoms with Crippen molar-refractivity contribution in [1.29, 1.82) is 0 Å². The molecule has 1 aromatic carbocycles. The summed E-state index contributed by atoms with van der Waals surface area (Å²) in [5, 5.41) is 0. The maximum absolute atomic E-state index is 11.3. The lowest BCUT2D eigenvalue weighted by Gasteiger charge is -2.38. The molecule has 1 aliphatic carbocycles. The summed E-state index contributed by atoms with van der Waals surface area (Å²) in [4.78, 5) is 9.40. The van der Waals surface area contributed by atoms with Crippen LogP contribution in [0.15, 0.2) is 29.4 Å². The first kappa shape index (κ1) is 24.2. The molecule has 1 aromatic heterocycles. The molecule has 0 radical (unpaired) electrons. The molecule has 0 saturated heterocycles. The Morgan fingerprint density at radius 2 is 1.76 bits per heavy atom. The number of rotatable bonds is 8. The van der Waals surface area contributed by atoms with E-state index in [0.29, 0.717) is 60.3 Å². The predicted octanol–water partition coefficient (Wildman–Crippen LogP) is 3.18. The fourth-order valence-electron chi connectivity index (χ4n) is 4.71. The van der Waals surface area contributed by atoms with Crippen molar-refractivity contribution in [2.24, 2.45) is 4.99 Å². The van der Waals surface area contributed by atoms with Gasteiger partial charge in [-0.15, -0.1) is 0 Å². The zero-order chi connectivity index (χ0) is 24.5. The molecule has 0 amide bonds. The molecule has 3 atom stereocenters. The van der Waals surface area contributed by atoms with Crippen LogP contribution in [0.1, 0.15) is 48.8 Å². The van der Waals surface area contributed by atoms with Crippen LogP contribution in [0.3, 0.4) is 0 Å². The second-order valence-electron chi connectivity index (χ2n) is 8.06. The summed E-state index contributed by atoms with van der Waals surface area (Å²) in [5.41, 5.74) is 3.13. The highest BCUT2D eigenvalue weighted by molar-refractivity contribution is 7.80. The minimum atomic E-state index is -4.55. The molecule has 1 fully saturated rings. The molecule has 2 aromatic rings. The van der Waals surface area contributed by atoms with Crippen LogP contribution in [-0.4, -0.2) is 63.7 Å². The summed E-state index contributed by atoms with van der Waals surface area (Å²) in [5.74, 6) is 1.98. The molecular weight excluding hydrogens is 464 g/mol. The van der Waals surface area contributed by atoms with Crippen molar-refractivity contribution in [2.75, 3.05) is 27.9 Å². The highest BCUT2D eigenvalue weighted by Gasteiger charge is 2.39. The van der Waals surface area contributed by atoms with Gasteiger partial charge in [-0.25, -0.2) is 9.17 Å². The molecule has 1 aliphatic heterocycles. The van der Waals surface area contributed by atoms with Gasteiger partial charge in [0.2, 0.25) is 5.88 Å². The van der Waals surface area contributed by atoms with Gasteiger partial charge in [-0.1, -0.05) is 0 Å².